The third-order valence-electron chi connectivity index (χ3n) is 2.58. The molecule has 1 atom stereocenters. The highest BCUT2D eigenvalue weighted by Crippen LogP contribution is 2.18. The van der Waals surface area contributed by atoms with Crippen LogP contribution in [0.3, 0.4) is 0 Å². The average molecular weight is 278 g/mol. The zero-order valence-electron chi connectivity index (χ0n) is 10.4. The van der Waals surface area contributed by atoms with E-state index >= 15 is 0 Å². The van der Waals surface area contributed by atoms with Crippen molar-refractivity contribution in [1.82, 2.24) is 10.0 Å². The minimum atomic E-state index is -3.97. The standard InChI is InChI=1S/C11H16F2N2O2S/c1-7-4-11(10(13)5-9(7)12)18(16,17)15-6-8(2)14-3/h4-5,8,14-15H,6H2,1-3H3. The molecule has 0 amide bonds. The van der Waals surface area contributed by atoms with E-state index in [2.05, 4.69) is 10.0 Å². The number of halogens is 2. The smallest absolute Gasteiger partial charge is 0.243 e. The molecule has 0 bridgehead atoms. The summed E-state index contributed by atoms with van der Waals surface area (Å²) in [7, 11) is -2.28. The molecule has 7 heteroatoms. The highest BCUT2D eigenvalue weighted by atomic mass is 32.2. The van der Waals surface area contributed by atoms with E-state index in [1.54, 1.807) is 14.0 Å². The summed E-state index contributed by atoms with van der Waals surface area (Å²) in [5.74, 6) is -1.86. The summed E-state index contributed by atoms with van der Waals surface area (Å²) < 4.78 is 52.4. The molecule has 1 unspecified atom stereocenters. The van der Waals surface area contributed by atoms with Gasteiger partial charge in [-0.25, -0.2) is 21.9 Å². The Labute approximate surface area is 105 Å². The van der Waals surface area contributed by atoms with Crippen molar-refractivity contribution < 1.29 is 17.2 Å². The second-order valence-electron chi connectivity index (χ2n) is 4.07. The van der Waals surface area contributed by atoms with E-state index in [1.165, 1.54) is 6.92 Å². The minimum Gasteiger partial charge on any atom is -0.316 e. The molecule has 1 rings (SSSR count). The third kappa shape index (κ3) is 3.47. The van der Waals surface area contributed by atoms with E-state index in [-0.39, 0.29) is 18.2 Å². The number of hydrogen-bond acceptors (Lipinski definition) is 3. The van der Waals surface area contributed by atoms with Crippen LogP contribution in [0.4, 0.5) is 8.78 Å². The third-order valence-corrected chi connectivity index (χ3v) is 4.01. The quantitative estimate of drug-likeness (QED) is 0.849. The van der Waals surface area contributed by atoms with Crippen LogP contribution >= 0.6 is 0 Å². The van der Waals surface area contributed by atoms with E-state index in [0.29, 0.717) is 6.07 Å². The molecule has 18 heavy (non-hydrogen) atoms. The van der Waals surface area contributed by atoms with Gasteiger partial charge in [-0.05, 0) is 32.5 Å². The zero-order chi connectivity index (χ0) is 13.9. The van der Waals surface area contributed by atoms with Gasteiger partial charge in [-0.15, -0.1) is 0 Å². The van der Waals surface area contributed by atoms with Crippen molar-refractivity contribution in [2.24, 2.45) is 0 Å². The van der Waals surface area contributed by atoms with Gasteiger partial charge in [0.05, 0.1) is 0 Å². The second kappa shape index (κ2) is 5.73. The molecular weight excluding hydrogens is 262 g/mol. The van der Waals surface area contributed by atoms with E-state index in [1.807, 2.05) is 0 Å². The van der Waals surface area contributed by atoms with Crippen LogP contribution in [0, 0.1) is 18.6 Å². The summed E-state index contributed by atoms with van der Waals surface area (Å²) in [6.45, 7) is 3.27. The Balaban J connectivity index is 3.02. The summed E-state index contributed by atoms with van der Waals surface area (Å²) in [6, 6.07) is 1.46. The predicted molar refractivity (Wildman–Crippen MR) is 64.8 cm³/mol. The first-order chi connectivity index (χ1) is 8.27. The first kappa shape index (κ1) is 15.0. The van der Waals surface area contributed by atoms with E-state index < -0.39 is 26.6 Å². The summed E-state index contributed by atoms with van der Waals surface area (Å²) in [5, 5.41) is 2.84. The average Bonchev–Trinajstić information content (AvgIpc) is 2.30. The van der Waals surface area contributed by atoms with Crippen LogP contribution in [0.1, 0.15) is 12.5 Å². The largest absolute Gasteiger partial charge is 0.316 e. The van der Waals surface area contributed by atoms with Gasteiger partial charge < -0.3 is 5.32 Å². The Hall–Kier alpha value is -1.05. The Kier molecular flexibility index (Phi) is 4.78. The van der Waals surface area contributed by atoms with Crippen molar-refractivity contribution in [3.8, 4) is 0 Å². The number of sulfonamides is 1. The van der Waals surface area contributed by atoms with Crippen LogP contribution in [-0.2, 0) is 10.0 Å². The molecule has 4 nitrogen and oxygen atoms in total. The Morgan fingerprint density at radius 3 is 2.44 bits per heavy atom. The van der Waals surface area contributed by atoms with E-state index in [4.69, 9.17) is 0 Å². The van der Waals surface area contributed by atoms with Gasteiger partial charge in [-0.1, -0.05) is 0 Å². The lowest BCUT2D eigenvalue weighted by atomic mass is 10.2. The highest BCUT2D eigenvalue weighted by Gasteiger charge is 2.21. The van der Waals surface area contributed by atoms with Crippen molar-refractivity contribution in [3.05, 3.63) is 29.3 Å². The normalized spacial score (nSPS) is 13.6. The summed E-state index contributed by atoms with van der Waals surface area (Å²) in [5.41, 5.74) is 0.0819. The molecule has 0 spiro atoms. The maximum absolute atomic E-state index is 13.5. The number of hydrogen-bond donors (Lipinski definition) is 2. The number of likely N-dealkylation sites (N-methyl/N-ethyl adjacent to an activating group) is 1. The molecular formula is C11H16F2N2O2S. The number of rotatable bonds is 5. The lowest BCUT2D eigenvalue weighted by Gasteiger charge is -2.13. The topological polar surface area (TPSA) is 58.2 Å². The lowest BCUT2D eigenvalue weighted by molar-refractivity contribution is 0.531. The number of benzene rings is 1. The molecule has 0 heterocycles. The van der Waals surface area contributed by atoms with Gasteiger partial charge in [0, 0.05) is 18.7 Å². The number of nitrogens with one attached hydrogen (secondary N) is 2. The monoisotopic (exact) mass is 278 g/mol. The SMILES string of the molecule is CNC(C)CNS(=O)(=O)c1cc(C)c(F)cc1F. The molecule has 0 aliphatic rings. The maximum Gasteiger partial charge on any atom is 0.243 e. The number of aryl methyl sites for hydroxylation is 1. The molecule has 1 aromatic rings. The fourth-order valence-electron chi connectivity index (χ4n) is 1.25. The molecule has 0 saturated heterocycles. The summed E-state index contributed by atoms with van der Waals surface area (Å²) in [6.07, 6.45) is 0. The van der Waals surface area contributed by atoms with Crippen molar-refractivity contribution >= 4 is 10.0 Å². The predicted octanol–water partition coefficient (Wildman–Crippen LogP) is 1.16. The van der Waals surface area contributed by atoms with Gasteiger partial charge in [0.2, 0.25) is 10.0 Å². The van der Waals surface area contributed by atoms with Gasteiger partial charge in [0.1, 0.15) is 16.5 Å². The van der Waals surface area contributed by atoms with Gasteiger partial charge in [0.25, 0.3) is 0 Å². The van der Waals surface area contributed by atoms with Gasteiger partial charge in [-0.3, -0.25) is 0 Å². The molecule has 0 aromatic heterocycles. The Morgan fingerprint density at radius 1 is 1.28 bits per heavy atom. The van der Waals surface area contributed by atoms with Crippen molar-refractivity contribution in [2.45, 2.75) is 24.8 Å². The van der Waals surface area contributed by atoms with Crippen LogP contribution in [0.5, 0.6) is 0 Å². The van der Waals surface area contributed by atoms with Gasteiger partial charge >= 0.3 is 0 Å². The zero-order valence-corrected chi connectivity index (χ0v) is 11.2. The Morgan fingerprint density at radius 2 is 1.89 bits per heavy atom. The first-order valence-electron chi connectivity index (χ1n) is 5.40. The second-order valence-corrected chi connectivity index (χ2v) is 5.81. The molecule has 0 aliphatic carbocycles. The van der Waals surface area contributed by atoms with Crippen molar-refractivity contribution in [2.75, 3.05) is 13.6 Å². The van der Waals surface area contributed by atoms with E-state index in [9.17, 15) is 17.2 Å². The summed E-state index contributed by atoms with van der Waals surface area (Å²) >= 11 is 0. The van der Waals surface area contributed by atoms with Crippen LogP contribution < -0.4 is 10.0 Å². The van der Waals surface area contributed by atoms with Crippen LogP contribution in [0.15, 0.2) is 17.0 Å². The van der Waals surface area contributed by atoms with E-state index in [0.717, 1.165) is 6.07 Å². The van der Waals surface area contributed by atoms with Crippen LogP contribution in [0.2, 0.25) is 0 Å². The fraction of sp³-hybridized carbons (Fsp3) is 0.455. The molecule has 0 fully saturated rings. The van der Waals surface area contributed by atoms with Gasteiger partial charge in [0.15, 0.2) is 0 Å². The highest BCUT2D eigenvalue weighted by molar-refractivity contribution is 7.89. The van der Waals surface area contributed by atoms with Crippen molar-refractivity contribution in [3.63, 3.8) is 0 Å². The Bertz CT molecular complexity index is 532. The fourth-order valence-corrected chi connectivity index (χ4v) is 2.52. The lowest BCUT2D eigenvalue weighted by Crippen LogP contribution is -2.37. The first-order valence-corrected chi connectivity index (χ1v) is 6.89. The van der Waals surface area contributed by atoms with Crippen LogP contribution in [-0.4, -0.2) is 28.1 Å². The molecule has 102 valence electrons. The molecule has 0 aliphatic heterocycles. The van der Waals surface area contributed by atoms with Gasteiger partial charge in [-0.2, -0.15) is 0 Å². The van der Waals surface area contributed by atoms with Crippen LogP contribution in [0.25, 0.3) is 0 Å². The minimum absolute atomic E-state index is 0.0819. The molecule has 0 radical (unpaired) electrons. The van der Waals surface area contributed by atoms with Crippen molar-refractivity contribution in [1.29, 1.82) is 0 Å². The summed E-state index contributed by atoms with van der Waals surface area (Å²) in [4.78, 5) is -0.537. The molecule has 2 N–H and O–H groups in total. The molecule has 0 saturated carbocycles. The maximum atomic E-state index is 13.5. The molecule has 1 aromatic carbocycles.